The highest BCUT2D eigenvalue weighted by Crippen LogP contribution is 2.24. The van der Waals surface area contributed by atoms with Gasteiger partial charge in [0.05, 0.1) is 17.8 Å². The summed E-state index contributed by atoms with van der Waals surface area (Å²) in [4.78, 5) is 25.8. The number of halogens is 1. The van der Waals surface area contributed by atoms with Crippen molar-refractivity contribution in [3.63, 3.8) is 0 Å². The lowest BCUT2D eigenvalue weighted by molar-refractivity contribution is 0.0666. The van der Waals surface area contributed by atoms with Crippen molar-refractivity contribution in [2.45, 2.75) is 13.3 Å². The second-order valence-corrected chi connectivity index (χ2v) is 5.99. The molecule has 1 N–H and O–H groups in total. The third kappa shape index (κ3) is 2.52. The zero-order valence-electron chi connectivity index (χ0n) is 12.1. The first-order chi connectivity index (χ1) is 10.6. The Bertz CT molecular complexity index is 723. The van der Waals surface area contributed by atoms with Gasteiger partial charge in [-0.1, -0.05) is 35.0 Å². The molecule has 0 fully saturated rings. The van der Waals surface area contributed by atoms with Crippen molar-refractivity contribution in [2.75, 3.05) is 12.0 Å². The molecular formula is C17H15BrN2O2. The standard InChI is InChI=1S/C17H15BrN2O2/c1-2-11-9-12(18)7-8-15(11)19-10-20-16(21)13-5-3-4-6-14(13)17(20)22/h3-9,19H,2,10H2,1H3. The predicted molar refractivity (Wildman–Crippen MR) is 89.0 cm³/mol. The van der Waals surface area contributed by atoms with Gasteiger partial charge in [0.1, 0.15) is 0 Å². The maximum Gasteiger partial charge on any atom is 0.263 e. The van der Waals surface area contributed by atoms with Gasteiger partial charge in [0.25, 0.3) is 11.8 Å². The maximum atomic E-state index is 12.3. The summed E-state index contributed by atoms with van der Waals surface area (Å²) >= 11 is 3.45. The zero-order valence-corrected chi connectivity index (χ0v) is 13.7. The van der Waals surface area contributed by atoms with Crippen LogP contribution in [0, 0.1) is 0 Å². The summed E-state index contributed by atoms with van der Waals surface area (Å²) < 4.78 is 1.01. The summed E-state index contributed by atoms with van der Waals surface area (Å²) in [7, 11) is 0. The Hall–Kier alpha value is -2.14. The normalized spacial score (nSPS) is 13.5. The van der Waals surface area contributed by atoms with Crippen molar-refractivity contribution in [3.8, 4) is 0 Å². The third-order valence-electron chi connectivity index (χ3n) is 3.75. The van der Waals surface area contributed by atoms with Crippen LogP contribution in [0.25, 0.3) is 0 Å². The second-order valence-electron chi connectivity index (χ2n) is 5.07. The summed E-state index contributed by atoms with van der Waals surface area (Å²) in [5.74, 6) is -0.494. The molecular weight excluding hydrogens is 344 g/mol. The molecule has 0 atom stereocenters. The van der Waals surface area contributed by atoms with Gasteiger partial charge in [-0.15, -0.1) is 0 Å². The number of anilines is 1. The maximum absolute atomic E-state index is 12.3. The van der Waals surface area contributed by atoms with E-state index in [0.29, 0.717) is 11.1 Å². The predicted octanol–water partition coefficient (Wildman–Crippen LogP) is 3.68. The van der Waals surface area contributed by atoms with Crippen molar-refractivity contribution in [1.82, 2.24) is 4.90 Å². The zero-order chi connectivity index (χ0) is 15.7. The van der Waals surface area contributed by atoms with Crippen LogP contribution in [-0.2, 0) is 6.42 Å². The van der Waals surface area contributed by atoms with Crippen LogP contribution in [0.1, 0.15) is 33.2 Å². The van der Waals surface area contributed by atoms with Crippen LogP contribution in [0.15, 0.2) is 46.9 Å². The molecule has 5 heteroatoms. The molecule has 0 aliphatic carbocycles. The van der Waals surface area contributed by atoms with Crippen molar-refractivity contribution >= 4 is 33.4 Å². The van der Waals surface area contributed by atoms with E-state index in [1.165, 1.54) is 4.90 Å². The summed E-state index contributed by atoms with van der Waals surface area (Å²) in [6.07, 6.45) is 0.865. The third-order valence-corrected chi connectivity index (χ3v) is 4.25. The van der Waals surface area contributed by atoms with Crippen LogP contribution in [0.3, 0.4) is 0 Å². The average Bonchev–Trinajstić information content (AvgIpc) is 2.78. The Balaban J connectivity index is 1.79. The molecule has 1 heterocycles. The van der Waals surface area contributed by atoms with E-state index < -0.39 is 0 Å². The number of rotatable bonds is 4. The SMILES string of the molecule is CCc1cc(Br)ccc1NCN1C(=O)c2ccccc2C1=O. The molecule has 0 spiro atoms. The molecule has 0 radical (unpaired) electrons. The van der Waals surface area contributed by atoms with Gasteiger partial charge < -0.3 is 5.32 Å². The summed E-state index contributed by atoms with van der Waals surface area (Å²) in [5.41, 5.74) is 3.01. The highest BCUT2D eigenvalue weighted by molar-refractivity contribution is 9.10. The topological polar surface area (TPSA) is 49.4 Å². The lowest BCUT2D eigenvalue weighted by atomic mass is 10.1. The molecule has 0 aromatic heterocycles. The fraction of sp³-hybridized carbons (Fsp3) is 0.176. The number of carbonyl (C=O) groups excluding carboxylic acids is 2. The number of hydrogen-bond acceptors (Lipinski definition) is 3. The molecule has 0 bridgehead atoms. The Morgan fingerprint density at radius 2 is 1.68 bits per heavy atom. The molecule has 0 unspecified atom stereocenters. The fourth-order valence-corrected chi connectivity index (χ4v) is 2.98. The van der Waals surface area contributed by atoms with E-state index in [0.717, 1.165) is 22.1 Å². The van der Waals surface area contributed by atoms with Gasteiger partial charge in [0.15, 0.2) is 0 Å². The quantitative estimate of drug-likeness (QED) is 0.848. The molecule has 0 saturated carbocycles. The molecule has 4 nitrogen and oxygen atoms in total. The van der Waals surface area contributed by atoms with E-state index >= 15 is 0 Å². The molecule has 2 aromatic carbocycles. The molecule has 1 aliphatic rings. The number of amides is 2. The first-order valence-electron chi connectivity index (χ1n) is 7.09. The van der Waals surface area contributed by atoms with Gasteiger partial charge in [-0.3, -0.25) is 14.5 Å². The minimum absolute atomic E-state index is 0.168. The fourth-order valence-electron chi connectivity index (χ4n) is 2.57. The number of hydrogen-bond donors (Lipinski definition) is 1. The van der Waals surface area contributed by atoms with Crippen molar-refractivity contribution in [2.24, 2.45) is 0 Å². The van der Waals surface area contributed by atoms with Gasteiger partial charge in [-0.05, 0) is 42.3 Å². The van der Waals surface area contributed by atoms with Gasteiger partial charge in [0.2, 0.25) is 0 Å². The van der Waals surface area contributed by atoms with Gasteiger partial charge in [-0.2, -0.15) is 0 Å². The lowest BCUT2D eigenvalue weighted by Crippen LogP contribution is -2.34. The van der Waals surface area contributed by atoms with Crippen LogP contribution in [0.2, 0.25) is 0 Å². The van der Waals surface area contributed by atoms with E-state index in [-0.39, 0.29) is 18.5 Å². The van der Waals surface area contributed by atoms with Gasteiger partial charge >= 0.3 is 0 Å². The summed E-state index contributed by atoms with van der Waals surface area (Å²) in [6, 6.07) is 12.8. The Morgan fingerprint density at radius 1 is 1.05 bits per heavy atom. The van der Waals surface area contributed by atoms with Gasteiger partial charge in [0, 0.05) is 10.2 Å². The van der Waals surface area contributed by atoms with E-state index in [4.69, 9.17) is 0 Å². The van der Waals surface area contributed by atoms with Crippen molar-refractivity contribution in [1.29, 1.82) is 0 Å². The second kappa shape index (κ2) is 5.93. The number of imide groups is 1. The van der Waals surface area contributed by atoms with Crippen LogP contribution < -0.4 is 5.32 Å². The summed E-state index contributed by atoms with van der Waals surface area (Å²) in [5, 5.41) is 3.19. The average molecular weight is 359 g/mol. The largest absolute Gasteiger partial charge is 0.367 e. The molecule has 22 heavy (non-hydrogen) atoms. The minimum atomic E-state index is -0.247. The number of nitrogens with one attached hydrogen (secondary N) is 1. The van der Waals surface area contributed by atoms with Crippen molar-refractivity contribution in [3.05, 3.63) is 63.6 Å². The Morgan fingerprint density at radius 3 is 2.27 bits per heavy atom. The Kier molecular flexibility index (Phi) is 3.98. The van der Waals surface area contributed by atoms with E-state index in [1.807, 2.05) is 18.2 Å². The number of fused-ring (bicyclic) bond motifs is 1. The molecule has 0 saturated heterocycles. The molecule has 1 aliphatic heterocycles. The monoisotopic (exact) mass is 358 g/mol. The molecule has 3 rings (SSSR count). The van der Waals surface area contributed by atoms with E-state index in [2.05, 4.69) is 28.2 Å². The molecule has 2 aromatic rings. The lowest BCUT2D eigenvalue weighted by Gasteiger charge is -2.17. The number of benzene rings is 2. The highest BCUT2D eigenvalue weighted by atomic mass is 79.9. The van der Waals surface area contributed by atoms with E-state index in [9.17, 15) is 9.59 Å². The summed E-state index contributed by atoms with van der Waals surface area (Å²) in [6.45, 7) is 2.23. The highest BCUT2D eigenvalue weighted by Gasteiger charge is 2.34. The van der Waals surface area contributed by atoms with E-state index in [1.54, 1.807) is 24.3 Å². The van der Waals surface area contributed by atoms with Crippen LogP contribution in [0.5, 0.6) is 0 Å². The number of carbonyl (C=O) groups is 2. The molecule has 112 valence electrons. The minimum Gasteiger partial charge on any atom is -0.367 e. The number of nitrogens with zero attached hydrogens (tertiary/aromatic N) is 1. The van der Waals surface area contributed by atoms with Crippen LogP contribution in [-0.4, -0.2) is 23.4 Å². The first-order valence-corrected chi connectivity index (χ1v) is 7.88. The first kappa shape index (κ1) is 14.8. The van der Waals surface area contributed by atoms with Crippen LogP contribution >= 0.6 is 15.9 Å². The van der Waals surface area contributed by atoms with Gasteiger partial charge in [-0.25, -0.2) is 0 Å². The smallest absolute Gasteiger partial charge is 0.263 e. The molecule has 2 amide bonds. The van der Waals surface area contributed by atoms with Crippen LogP contribution in [0.4, 0.5) is 5.69 Å². The number of aryl methyl sites for hydroxylation is 1. The Labute approximate surface area is 137 Å². The van der Waals surface area contributed by atoms with Crippen molar-refractivity contribution < 1.29 is 9.59 Å².